The summed E-state index contributed by atoms with van der Waals surface area (Å²) in [5.74, 6) is 0.279. The molecule has 1 amide bonds. The molecule has 2 atom stereocenters. The highest BCUT2D eigenvalue weighted by Gasteiger charge is 2.39. The summed E-state index contributed by atoms with van der Waals surface area (Å²) in [6.45, 7) is 2.07. The highest BCUT2D eigenvalue weighted by atomic mass is 32.2. The molecular weight excluding hydrogens is 320 g/mol. The van der Waals surface area contributed by atoms with E-state index in [4.69, 9.17) is 0 Å². The Balaban J connectivity index is 1.75. The molecule has 6 heteroatoms. The fourth-order valence-corrected chi connectivity index (χ4v) is 3.92. The molecule has 0 aliphatic carbocycles. The summed E-state index contributed by atoms with van der Waals surface area (Å²) < 4.78 is 0. The normalized spacial score (nSPS) is 23.0. The second-order valence-corrected chi connectivity index (χ2v) is 6.86. The van der Waals surface area contributed by atoms with E-state index in [1.807, 2.05) is 12.1 Å². The molecule has 0 radical (unpaired) electrons. The van der Waals surface area contributed by atoms with E-state index < -0.39 is 0 Å². The summed E-state index contributed by atoms with van der Waals surface area (Å²) in [5, 5.41) is 5.41. The van der Waals surface area contributed by atoms with Gasteiger partial charge in [0.15, 0.2) is 0 Å². The summed E-state index contributed by atoms with van der Waals surface area (Å²) >= 11 is 1.51. The molecule has 0 saturated heterocycles. The van der Waals surface area contributed by atoms with Crippen molar-refractivity contribution < 1.29 is 4.79 Å². The van der Waals surface area contributed by atoms with Gasteiger partial charge in [-0.15, -0.1) is 0 Å². The number of nitrogens with one attached hydrogen (secondary N) is 1. The number of amides is 1. The molecule has 2 aromatic rings. The Morgan fingerprint density at radius 3 is 2.54 bits per heavy atom. The molecular formula is C18H16N4OS. The number of hydrogen-bond donors (Lipinski definition) is 1. The first-order valence-corrected chi connectivity index (χ1v) is 8.75. The van der Waals surface area contributed by atoms with Gasteiger partial charge in [0.2, 0.25) is 0 Å². The molecule has 2 unspecified atom stereocenters. The molecule has 24 heavy (non-hydrogen) atoms. The summed E-state index contributed by atoms with van der Waals surface area (Å²) in [4.78, 5) is 20.0. The number of nitrogens with zero attached hydrogens (tertiary/aromatic N) is 3. The number of hydrogen-bond acceptors (Lipinski definition) is 5. The number of pyridine rings is 1. The van der Waals surface area contributed by atoms with Crippen LogP contribution in [0.3, 0.4) is 0 Å². The van der Waals surface area contributed by atoms with Gasteiger partial charge in [0.1, 0.15) is 0 Å². The van der Waals surface area contributed by atoms with Crippen LogP contribution in [-0.4, -0.2) is 27.4 Å². The molecule has 2 aliphatic rings. The van der Waals surface area contributed by atoms with E-state index in [2.05, 4.69) is 51.7 Å². The quantitative estimate of drug-likeness (QED) is 0.936. The topological polar surface area (TPSA) is 66.7 Å². The van der Waals surface area contributed by atoms with Crippen molar-refractivity contribution in [3.8, 4) is 0 Å². The lowest BCUT2D eigenvalue weighted by Gasteiger charge is -2.21. The largest absolute Gasteiger partial charge is 0.301 e. The molecule has 5 nitrogen and oxygen atoms in total. The molecule has 120 valence electrons. The van der Waals surface area contributed by atoms with Crippen LogP contribution in [0, 0.1) is 12.8 Å². The number of aliphatic imine (C=N–C) groups is 1. The predicted molar refractivity (Wildman–Crippen MR) is 96.2 cm³/mol. The summed E-state index contributed by atoms with van der Waals surface area (Å²) in [6.07, 6.45) is 3.51. The van der Waals surface area contributed by atoms with Gasteiger partial charge in [0.05, 0.1) is 28.5 Å². The van der Waals surface area contributed by atoms with Crippen LogP contribution in [-0.2, 0) is 4.79 Å². The first-order valence-electron chi connectivity index (χ1n) is 7.76. The van der Waals surface area contributed by atoms with Gasteiger partial charge >= 0.3 is 0 Å². The zero-order chi connectivity index (χ0) is 16.5. The Kier molecular flexibility index (Phi) is 3.90. The van der Waals surface area contributed by atoms with E-state index in [0.717, 1.165) is 21.9 Å². The minimum absolute atomic E-state index is 0.0223. The van der Waals surface area contributed by atoms with Crippen LogP contribution in [0.1, 0.15) is 22.7 Å². The Morgan fingerprint density at radius 1 is 1.12 bits per heavy atom. The summed E-state index contributed by atoms with van der Waals surface area (Å²) in [7, 11) is 0. The average molecular weight is 336 g/mol. The van der Waals surface area contributed by atoms with E-state index in [1.165, 1.54) is 17.3 Å². The third kappa shape index (κ3) is 2.73. The van der Waals surface area contributed by atoms with Gasteiger partial charge < -0.3 is 5.43 Å². The van der Waals surface area contributed by atoms with Gasteiger partial charge in [-0.2, -0.15) is 5.10 Å². The van der Waals surface area contributed by atoms with Gasteiger partial charge in [-0.25, -0.2) is 4.99 Å². The van der Waals surface area contributed by atoms with E-state index in [-0.39, 0.29) is 17.9 Å². The van der Waals surface area contributed by atoms with Gasteiger partial charge in [-0.05, 0) is 24.6 Å². The summed E-state index contributed by atoms with van der Waals surface area (Å²) in [6, 6.07) is 12.2. The maximum atomic E-state index is 11.7. The summed E-state index contributed by atoms with van der Waals surface area (Å²) in [5.41, 5.74) is 7.51. The molecule has 1 N–H and O–H groups in total. The molecule has 0 spiro atoms. The van der Waals surface area contributed by atoms with Crippen LogP contribution < -0.4 is 5.43 Å². The Morgan fingerprint density at radius 2 is 1.88 bits per heavy atom. The molecule has 1 aromatic carbocycles. The zero-order valence-corrected chi connectivity index (χ0v) is 14.0. The minimum Gasteiger partial charge on any atom is -0.301 e. The Hall–Kier alpha value is -2.47. The van der Waals surface area contributed by atoms with Crippen molar-refractivity contribution >= 4 is 28.4 Å². The standard InChI is InChI=1S/C18H16N4OS/c1-11-2-4-12(5-3-11)16-15(18-20-14(23)10-24-18)17(22-21-16)13-6-8-19-9-7-13/h2-9,15-16,21H,10H2,1H3. The van der Waals surface area contributed by atoms with Crippen molar-refractivity contribution in [3.05, 3.63) is 65.5 Å². The third-order valence-electron chi connectivity index (χ3n) is 4.21. The first kappa shape index (κ1) is 15.1. The first-order chi connectivity index (χ1) is 11.7. The lowest BCUT2D eigenvalue weighted by Crippen LogP contribution is -2.27. The highest BCUT2D eigenvalue weighted by Crippen LogP contribution is 2.36. The van der Waals surface area contributed by atoms with Crippen LogP contribution in [0.2, 0.25) is 0 Å². The molecule has 0 saturated carbocycles. The van der Waals surface area contributed by atoms with E-state index >= 15 is 0 Å². The number of aryl methyl sites for hydroxylation is 1. The average Bonchev–Trinajstić information content (AvgIpc) is 3.22. The maximum Gasteiger partial charge on any atom is 0.256 e. The van der Waals surface area contributed by atoms with Crippen molar-refractivity contribution in [2.75, 3.05) is 5.75 Å². The second kappa shape index (κ2) is 6.20. The fourth-order valence-electron chi connectivity index (χ4n) is 2.99. The van der Waals surface area contributed by atoms with E-state index in [1.54, 1.807) is 12.4 Å². The van der Waals surface area contributed by atoms with Gasteiger partial charge in [0, 0.05) is 18.0 Å². The molecule has 4 rings (SSSR count). The second-order valence-electron chi connectivity index (χ2n) is 5.86. The number of hydrazone groups is 1. The van der Waals surface area contributed by atoms with Crippen molar-refractivity contribution in [3.63, 3.8) is 0 Å². The molecule has 0 fully saturated rings. The van der Waals surface area contributed by atoms with Gasteiger partial charge in [-0.1, -0.05) is 41.6 Å². The van der Waals surface area contributed by atoms with Crippen LogP contribution >= 0.6 is 11.8 Å². The lowest BCUT2D eigenvalue weighted by molar-refractivity contribution is -0.115. The SMILES string of the molecule is Cc1ccc(C2NN=C(c3ccncc3)C2C2=NC(=O)CS2)cc1. The number of carbonyl (C=O) groups is 1. The van der Waals surface area contributed by atoms with Crippen LogP contribution in [0.4, 0.5) is 0 Å². The van der Waals surface area contributed by atoms with Crippen molar-refractivity contribution in [1.82, 2.24) is 10.4 Å². The maximum absolute atomic E-state index is 11.7. The number of aromatic nitrogens is 1. The minimum atomic E-state index is -0.0707. The third-order valence-corrected chi connectivity index (χ3v) is 5.24. The van der Waals surface area contributed by atoms with Crippen LogP contribution in [0.5, 0.6) is 0 Å². The molecule has 3 heterocycles. The smallest absolute Gasteiger partial charge is 0.256 e. The van der Waals surface area contributed by atoms with Crippen molar-refractivity contribution in [2.45, 2.75) is 13.0 Å². The number of rotatable bonds is 3. The van der Waals surface area contributed by atoms with Crippen molar-refractivity contribution in [1.29, 1.82) is 0 Å². The predicted octanol–water partition coefficient (Wildman–Crippen LogP) is 2.73. The van der Waals surface area contributed by atoms with Crippen LogP contribution in [0.25, 0.3) is 0 Å². The number of carbonyl (C=O) groups excluding carboxylic acids is 1. The molecule has 2 aliphatic heterocycles. The number of benzene rings is 1. The fraction of sp³-hybridized carbons (Fsp3) is 0.222. The molecule has 1 aromatic heterocycles. The number of thioether (sulfide) groups is 1. The van der Waals surface area contributed by atoms with Crippen LogP contribution in [0.15, 0.2) is 58.9 Å². The lowest BCUT2D eigenvalue weighted by atomic mass is 9.88. The van der Waals surface area contributed by atoms with Crippen molar-refractivity contribution in [2.24, 2.45) is 16.0 Å². The van der Waals surface area contributed by atoms with E-state index in [9.17, 15) is 4.79 Å². The van der Waals surface area contributed by atoms with Gasteiger partial charge in [0.25, 0.3) is 5.91 Å². The van der Waals surface area contributed by atoms with E-state index in [0.29, 0.717) is 5.75 Å². The monoisotopic (exact) mass is 336 g/mol. The van der Waals surface area contributed by atoms with Gasteiger partial charge in [-0.3, -0.25) is 9.78 Å². The Labute approximate surface area is 144 Å². The Bertz CT molecular complexity index is 830. The highest BCUT2D eigenvalue weighted by molar-refractivity contribution is 8.15. The zero-order valence-electron chi connectivity index (χ0n) is 13.1. The molecule has 0 bridgehead atoms.